The summed E-state index contributed by atoms with van der Waals surface area (Å²) in [5, 5.41) is 109. The summed E-state index contributed by atoms with van der Waals surface area (Å²) in [6.07, 6.45) is -25.1. The number of hydrogen-bond acceptors (Lipinski definition) is 16. The quantitative estimate of drug-likeness (QED) is 0.154. The van der Waals surface area contributed by atoms with Crippen molar-refractivity contribution in [3.05, 3.63) is 0 Å². The van der Waals surface area contributed by atoms with Crippen molar-refractivity contribution in [1.82, 2.24) is 0 Å². The lowest BCUT2D eigenvalue weighted by Crippen LogP contribution is -2.66. The second kappa shape index (κ2) is 11.6. The maximum atomic E-state index is 10.6. The number of hydrogen-bond donors (Lipinski definition) is 11. The molecule has 11 N–H and O–H groups in total. The number of aliphatic hydroxyl groups excluding tert-OH is 11. The fourth-order valence-electron chi connectivity index (χ4n) is 4.06. The highest BCUT2D eigenvalue weighted by Gasteiger charge is 2.53. The molecule has 3 heterocycles. The molecule has 3 aliphatic heterocycles. The molecule has 16 heteroatoms. The van der Waals surface area contributed by atoms with Crippen LogP contribution in [0.15, 0.2) is 0 Å². The minimum Gasteiger partial charge on any atom is -0.394 e. The van der Waals surface area contributed by atoms with Gasteiger partial charge in [-0.25, -0.2) is 0 Å². The van der Waals surface area contributed by atoms with E-state index in [1.807, 2.05) is 0 Å². The van der Waals surface area contributed by atoms with Crippen LogP contribution in [0.4, 0.5) is 0 Å². The maximum Gasteiger partial charge on any atom is 0.187 e. The lowest BCUT2D eigenvalue weighted by atomic mass is 9.96. The van der Waals surface area contributed by atoms with Crippen molar-refractivity contribution >= 4 is 0 Å². The summed E-state index contributed by atoms with van der Waals surface area (Å²) < 4.78 is 26.4. The third-order valence-electron chi connectivity index (χ3n) is 6.09. The largest absolute Gasteiger partial charge is 0.394 e. The van der Waals surface area contributed by atoms with Crippen LogP contribution in [0, 0.1) is 0 Å². The average Bonchev–Trinajstić information content (AvgIpc) is 2.83. The van der Waals surface area contributed by atoms with Crippen LogP contribution in [0.3, 0.4) is 0 Å². The summed E-state index contributed by atoms with van der Waals surface area (Å²) in [6.45, 7) is -2.32. The monoisotopic (exact) mass is 504 g/mol. The van der Waals surface area contributed by atoms with Gasteiger partial charge in [-0.2, -0.15) is 0 Å². The second-order valence-electron chi connectivity index (χ2n) is 8.33. The van der Waals surface area contributed by atoms with Gasteiger partial charge in [0.1, 0.15) is 73.2 Å². The molecule has 3 saturated heterocycles. The highest BCUT2D eigenvalue weighted by molar-refractivity contribution is 4.96. The smallest absolute Gasteiger partial charge is 0.187 e. The summed E-state index contributed by atoms with van der Waals surface area (Å²) in [6, 6.07) is 0. The van der Waals surface area contributed by atoms with Gasteiger partial charge >= 0.3 is 0 Å². The van der Waals surface area contributed by atoms with Gasteiger partial charge < -0.3 is 79.9 Å². The minimum absolute atomic E-state index is 0.741. The molecule has 3 rings (SSSR count). The van der Waals surface area contributed by atoms with Gasteiger partial charge in [0.2, 0.25) is 0 Å². The van der Waals surface area contributed by atoms with Gasteiger partial charge in [-0.3, -0.25) is 0 Å². The summed E-state index contributed by atoms with van der Waals surface area (Å²) in [5.41, 5.74) is 0. The van der Waals surface area contributed by atoms with E-state index in [0.29, 0.717) is 0 Å². The van der Waals surface area contributed by atoms with Crippen molar-refractivity contribution < 1.29 is 79.9 Å². The molecule has 0 unspecified atom stereocenters. The first-order valence-electron chi connectivity index (χ1n) is 10.6. The number of aliphatic hydroxyl groups is 11. The van der Waals surface area contributed by atoms with Crippen LogP contribution < -0.4 is 0 Å². The standard InChI is InChI=1S/C18H32O16/c19-1-4-7(22)8(23)12(27)17(31-4)34-15-6(3-21)32-18(13(28)10(15)25)33-14-5(2-20)30-16(29)11(26)9(14)24/h4-29H,1-3H2/t4-,5-,6-,7-,8+,9-,10-,11+,12+,13+,14-,15-,16-,17+,18+/m1/s1. The first-order chi connectivity index (χ1) is 16.0. The topological polar surface area (TPSA) is 269 Å². The molecule has 0 aromatic rings. The van der Waals surface area contributed by atoms with Gasteiger partial charge in [-0.15, -0.1) is 0 Å². The second-order valence-corrected chi connectivity index (χ2v) is 8.33. The Morgan fingerprint density at radius 3 is 1.35 bits per heavy atom. The van der Waals surface area contributed by atoms with Crippen LogP contribution in [0.2, 0.25) is 0 Å². The van der Waals surface area contributed by atoms with E-state index in [2.05, 4.69) is 0 Å². The van der Waals surface area contributed by atoms with Crippen LogP contribution in [-0.4, -0.2) is 168 Å². The number of rotatable bonds is 7. The Balaban J connectivity index is 1.72. The Morgan fingerprint density at radius 1 is 0.441 bits per heavy atom. The molecule has 200 valence electrons. The predicted octanol–water partition coefficient (Wildman–Crippen LogP) is -7.57. The Bertz CT molecular complexity index is 635. The lowest BCUT2D eigenvalue weighted by molar-refractivity contribution is -0.377. The third-order valence-corrected chi connectivity index (χ3v) is 6.09. The first kappa shape index (κ1) is 27.9. The van der Waals surface area contributed by atoms with Crippen LogP contribution in [0.1, 0.15) is 0 Å². The van der Waals surface area contributed by atoms with E-state index in [0.717, 1.165) is 0 Å². The zero-order chi connectivity index (χ0) is 25.3. The fraction of sp³-hybridized carbons (Fsp3) is 1.00. The van der Waals surface area contributed by atoms with Crippen molar-refractivity contribution in [2.75, 3.05) is 19.8 Å². The summed E-state index contributed by atoms with van der Waals surface area (Å²) in [7, 11) is 0. The van der Waals surface area contributed by atoms with Gasteiger partial charge in [0.25, 0.3) is 0 Å². The van der Waals surface area contributed by atoms with Crippen molar-refractivity contribution in [1.29, 1.82) is 0 Å². The normalized spacial score (nSPS) is 52.5. The van der Waals surface area contributed by atoms with E-state index < -0.39 is 112 Å². The van der Waals surface area contributed by atoms with Crippen molar-refractivity contribution in [2.45, 2.75) is 92.1 Å². The molecule has 0 amide bonds. The summed E-state index contributed by atoms with van der Waals surface area (Å²) in [5.74, 6) is 0. The molecule has 3 fully saturated rings. The molecule has 3 aliphatic rings. The molecule has 15 atom stereocenters. The van der Waals surface area contributed by atoms with E-state index in [1.54, 1.807) is 0 Å². The van der Waals surface area contributed by atoms with Crippen molar-refractivity contribution in [3.8, 4) is 0 Å². The molecule has 34 heavy (non-hydrogen) atoms. The molecule has 0 aliphatic carbocycles. The van der Waals surface area contributed by atoms with Gasteiger partial charge in [0.05, 0.1) is 19.8 Å². The highest BCUT2D eigenvalue weighted by Crippen LogP contribution is 2.32. The summed E-state index contributed by atoms with van der Waals surface area (Å²) >= 11 is 0. The van der Waals surface area contributed by atoms with Gasteiger partial charge in [0, 0.05) is 0 Å². The molecular weight excluding hydrogens is 472 g/mol. The van der Waals surface area contributed by atoms with E-state index in [4.69, 9.17) is 23.7 Å². The zero-order valence-electron chi connectivity index (χ0n) is 17.7. The van der Waals surface area contributed by atoms with Crippen LogP contribution in [0.5, 0.6) is 0 Å². The van der Waals surface area contributed by atoms with Gasteiger partial charge in [-0.05, 0) is 0 Å². The Morgan fingerprint density at radius 2 is 0.853 bits per heavy atom. The third kappa shape index (κ3) is 5.37. The first-order valence-corrected chi connectivity index (χ1v) is 10.6. The van der Waals surface area contributed by atoms with E-state index >= 15 is 0 Å². The maximum absolute atomic E-state index is 10.6. The van der Waals surface area contributed by atoms with E-state index in [-0.39, 0.29) is 0 Å². The highest BCUT2D eigenvalue weighted by atomic mass is 16.8. The van der Waals surface area contributed by atoms with Crippen LogP contribution in [0.25, 0.3) is 0 Å². The molecule has 0 bridgehead atoms. The van der Waals surface area contributed by atoms with E-state index in [1.165, 1.54) is 0 Å². The van der Waals surface area contributed by atoms with E-state index in [9.17, 15) is 56.2 Å². The molecule has 0 aromatic carbocycles. The lowest BCUT2D eigenvalue weighted by Gasteiger charge is -2.47. The van der Waals surface area contributed by atoms with Crippen LogP contribution >= 0.6 is 0 Å². The molecular formula is C18H32O16. The molecule has 0 radical (unpaired) electrons. The zero-order valence-corrected chi connectivity index (χ0v) is 17.7. The van der Waals surface area contributed by atoms with Crippen molar-refractivity contribution in [3.63, 3.8) is 0 Å². The van der Waals surface area contributed by atoms with Crippen molar-refractivity contribution in [2.24, 2.45) is 0 Å². The Hall–Kier alpha value is -0.640. The van der Waals surface area contributed by atoms with Gasteiger partial charge in [0.15, 0.2) is 18.9 Å². The predicted molar refractivity (Wildman–Crippen MR) is 101 cm³/mol. The average molecular weight is 504 g/mol. The molecule has 0 saturated carbocycles. The fourth-order valence-corrected chi connectivity index (χ4v) is 4.06. The van der Waals surface area contributed by atoms with Crippen LogP contribution in [-0.2, 0) is 23.7 Å². The van der Waals surface area contributed by atoms with Gasteiger partial charge in [-0.1, -0.05) is 0 Å². The summed E-state index contributed by atoms with van der Waals surface area (Å²) in [4.78, 5) is 0. The molecule has 0 aromatic heterocycles. The Kier molecular flexibility index (Phi) is 9.54. The Labute approximate surface area is 192 Å². The minimum atomic E-state index is -1.91. The SMILES string of the molecule is OC[C@H]1O[C@@H](O[C@H]2[C@H](O)[C@H](O)[C@H](O[C@H]3[C@H](O)[C@H](O)[C@H](O)O[C@@H]3CO)O[C@@H]2CO)[C@@H](O)[C@@H](O)[C@@H]1O. The molecule has 16 nitrogen and oxygen atoms in total. The molecule has 0 spiro atoms. The number of ether oxygens (including phenoxy) is 5.